The van der Waals surface area contributed by atoms with E-state index < -0.39 is 17.8 Å². The first kappa shape index (κ1) is 15.8. The molecule has 0 spiro atoms. The summed E-state index contributed by atoms with van der Waals surface area (Å²) >= 11 is 5.98. The maximum atomic E-state index is 13.1. The van der Waals surface area contributed by atoms with Gasteiger partial charge in [-0.15, -0.1) is 0 Å². The Kier molecular flexibility index (Phi) is 4.97. The van der Waals surface area contributed by atoms with Gasteiger partial charge in [-0.3, -0.25) is 4.79 Å². The van der Waals surface area contributed by atoms with Gasteiger partial charge in [0.1, 0.15) is 11.6 Å². The summed E-state index contributed by atoms with van der Waals surface area (Å²) < 4.78 is 18.5. The van der Waals surface area contributed by atoms with Gasteiger partial charge in [0.2, 0.25) is 0 Å². The molecule has 0 aliphatic carbocycles. The number of anilines is 1. The van der Waals surface area contributed by atoms with Crippen molar-refractivity contribution in [1.82, 2.24) is 0 Å². The van der Waals surface area contributed by atoms with Gasteiger partial charge in [-0.05, 0) is 43.3 Å². The quantitative estimate of drug-likeness (QED) is 0.933. The summed E-state index contributed by atoms with van der Waals surface area (Å²) in [6.45, 7) is 1.54. The van der Waals surface area contributed by atoms with Gasteiger partial charge >= 0.3 is 0 Å². The van der Waals surface area contributed by atoms with Crippen molar-refractivity contribution in [2.45, 2.75) is 13.0 Å². The zero-order valence-electron chi connectivity index (χ0n) is 11.6. The van der Waals surface area contributed by atoms with E-state index in [0.717, 1.165) is 0 Å². The highest BCUT2D eigenvalue weighted by molar-refractivity contribution is 6.32. The second-order valence-corrected chi connectivity index (χ2v) is 4.92. The minimum atomic E-state index is -0.839. The number of carbonyl (C=O) groups excluding carboxylic acids is 1. The molecule has 112 valence electrons. The molecule has 2 rings (SSSR count). The van der Waals surface area contributed by atoms with Crippen molar-refractivity contribution in [3.8, 4) is 11.8 Å². The highest BCUT2D eigenvalue weighted by Crippen LogP contribution is 2.26. The molecule has 2 aromatic rings. The predicted molar refractivity (Wildman–Crippen MR) is 81.3 cm³/mol. The van der Waals surface area contributed by atoms with Crippen LogP contribution in [0.1, 0.15) is 12.5 Å². The van der Waals surface area contributed by atoms with Gasteiger partial charge in [0, 0.05) is 5.69 Å². The molecule has 0 saturated heterocycles. The number of hydrogen-bond donors (Lipinski definition) is 1. The molecule has 0 saturated carbocycles. The van der Waals surface area contributed by atoms with Crippen molar-refractivity contribution >= 4 is 23.2 Å². The minimum Gasteiger partial charge on any atom is -0.479 e. The fourth-order valence-electron chi connectivity index (χ4n) is 1.72. The highest BCUT2D eigenvalue weighted by Gasteiger charge is 2.16. The number of nitrogens with zero attached hydrogens (tertiary/aromatic N) is 1. The molecule has 0 radical (unpaired) electrons. The maximum absolute atomic E-state index is 13.1. The molecule has 2 aromatic carbocycles. The molecular formula is C16H12ClFN2O2. The molecule has 1 atom stereocenters. The maximum Gasteiger partial charge on any atom is 0.265 e. The third-order valence-corrected chi connectivity index (χ3v) is 3.12. The zero-order chi connectivity index (χ0) is 16.1. The van der Waals surface area contributed by atoms with Crippen LogP contribution in [0, 0.1) is 17.1 Å². The van der Waals surface area contributed by atoms with E-state index in [0.29, 0.717) is 17.0 Å². The van der Waals surface area contributed by atoms with E-state index in [9.17, 15) is 9.18 Å². The van der Waals surface area contributed by atoms with Crippen molar-refractivity contribution in [3.63, 3.8) is 0 Å². The Morgan fingerprint density at radius 3 is 2.77 bits per heavy atom. The lowest BCUT2D eigenvalue weighted by molar-refractivity contribution is -0.122. The number of benzene rings is 2. The van der Waals surface area contributed by atoms with Crippen LogP contribution >= 0.6 is 11.6 Å². The Morgan fingerprint density at radius 1 is 1.36 bits per heavy atom. The molecule has 0 unspecified atom stereocenters. The van der Waals surface area contributed by atoms with Gasteiger partial charge in [-0.25, -0.2) is 4.39 Å². The fraction of sp³-hybridized carbons (Fsp3) is 0.125. The Balaban J connectivity index is 2.04. The Labute approximate surface area is 132 Å². The standard InChI is InChI=1S/C16H12ClFN2O2/c1-10(16(21)20-13-4-2-3-12(18)8-13)22-15-6-5-11(9-19)7-14(15)17/h2-8,10H,1H3,(H,20,21)/t10-/m0/s1. The van der Waals surface area contributed by atoms with Crippen LogP contribution in [-0.4, -0.2) is 12.0 Å². The third-order valence-electron chi connectivity index (χ3n) is 2.83. The van der Waals surface area contributed by atoms with E-state index in [1.165, 1.54) is 30.3 Å². The molecule has 0 aromatic heterocycles. The van der Waals surface area contributed by atoms with E-state index in [2.05, 4.69) is 5.32 Å². The van der Waals surface area contributed by atoms with Crippen LogP contribution in [0.3, 0.4) is 0 Å². The van der Waals surface area contributed by atoms with Crippen molar-refractivity contribution in [2.24, 2.45) is 0 Å². The lowest BCUT2D eigenvalue weighted by Gasteiger charge is -2.15. The molecule has 0 heterocycles. The van der Waals surface area contributed by atoms with Gasteiger partial charge in [0.25, 0.3) is 5.91 Å². The van der Waals surface area contributed by atoms with Crippen molar-refractivity contribution in [3.05, 3.63) is 58.9 Å². The van der Waals surface area contributed by atoms with E-state index >= 15 is 0 Å². The van der Waals surface area contributed by atoms with Gasteiger partial charge < -0.3 is 10.1 Å². The summed E-state index contributed by atoms with van der Waals surface area (Å²) in [5.74, 6) is -0.588. The Morgan fingerprint density at radius 2 is 2.14 bits per heavy atom. The summed E-state index contributed by atoms with van der Waals surface area (Å²) in [5, 5.41) is 11.6. The lowest BCUT2D eigenvalue weighted by Crippen LogP contribution is -2.30. The van der Waals surface area contributed by atoms with E-state index in [-0.39, 0.29) is 5.02 Å². The van der Waals surface area contributed by atoms with Crippen molar-refractivity contribution < 1.29 is 13.9 Å². The number of nitrogens with one attached hydrogen (secondary N) is 1. The Bertz CT molecular complexity index is 743. The summed E-state index contributed by atoms with van der Waals surface area (Å²) in [4.78, 5) is 12.0. The van der Waals surface area contributed by atoms with E-state index in [1.807, 2.05) is 6.07 Å². The third kappa shape index (κ3) is 3.96. The molecule has 1 N–H and O–H groups in total. The van der Waals surface area contributed by atoms with E-state index in [4.69, 9.17) is 21.6 Å². The number of hydrogen-bond acceptors (Lipinski definition) is 3. The van der Waals surface area contributed by atoms with Gasteiger partial charge in [-0.1, -0.05) is 17.7 Å². The zero-order valence-corrected chi connectivity index (χ0v) is 12.4. The molecule has 4 nitrogen and oxygen atoms in total. The van der Waals surface area contributed by atoms with Gasteiger partial charge in [0.15, 0.2) is 6.10 Å². The number of carbonyl (C=O) groups is 1. The SMILES string of the molecule is C[C@H](Oc1ccc(C#N)cc1Cl)C(=O)Nc1cccc(F)c1. The molecule has 0 fully saturated rings. The van der Waals surface area contributed by atoms with Crippen molar-refractivity contribution in [1.29, 1.82) is 5.26 Å². The number of halogens is 2. The smallest absolute Gasteiger partial charge is 0.265 e. The predicted octanol–water partition coefficient (Wildman–Crippen LogP) is 3.76. The first-order valence-electron chi connectivity index (χ1n) is 6.42. The second kappa shape index (κ2) is 6.92. The number of amides is 1. The topological polar surface area (TPSA) is 62.1 Å². The van der Waals surface area contributed by atoms with Crippen LogP contribution in [0.4, 0.5) is 10.1 Å². The molecule has 6 heteroatoms. The minimum absolute atomic E-state index is 0.240. The monoisotopic (exact) mass is 318 g/mol. The van der Waals surface area contributed by atoms with Crippen LogP contribution in [0.15, 0.2) is 42.5 Å². The number of rotatable bonds is 4. The van der Waals surface area contributed by atoms with Crippen LogP contribution < -0.4 is 10.1 Å². The molecule has 22 heavy (non-hydrogen) atoms. The molecular weight excluding hydrogens is 307 g/mol. The van der Waals surface area contributed by atoms with Crippen LogP contribution in [0.2, 0.25) is 5.02 Å². The summed E-state index contributed by atoms with van der Waals surface area (Å²) in [6, 6.07) is 12.0. The normalized spacial score (nSPS) is 11.4. The average molecular weight is 319 g/mol. The molecule has 0 bridgehead atoms. The van der Waals surface area contributed by atoms with Crippen LogP contribution in [0.25, 0.3) is 0 Å². The van der Waals surface area contributed by atoms with Crippen LogP contribution in [-0.2, 0) is 4.79 Å². The van der Waals surface area contributed by atoms with Crippen molar-refractivity contribution in [2.75, 3.05) is 5.32 Å². The van der Waals surface area contributed by atoms with E-state index in [1.54, 1.807) is 19.1 Å². The summed E-state index contributed by atoms with van der Waals surface area (Å²) in [5.41, 5.74) is 0.737. The summed E-state index contributed by atoms with van der Waals surface area (Å²) in [7, 11) is 0. The largest absolute Gasteiger partial charge is 0.479 e. The fourth-order valence-corrected chi connectivity index (χ4v) is 1.95. The number of ether oxygens (including phenoxy) is 1. The van der Waals surface area contributed by atoms with Crippen LogP contribution in [0.5, 0.6) is 5.75 Å². The molecule has 0 aliphatic heterocycles. The first-order valence-corrected chi connectivity index (χ1v) is 6.80. The lowest BCUT2D eigenvalue weighted by atomic mass is 10.2. The highest BCUT2D eigenvalue weighted by atomic mass is 35.5. The van der Waals surface area contributed by atoms with Gasteiger partial charge in [0.05, 0.1) is 16.7 Å². The molecule has 0 aliphatic rings. The summed E-state index contributed by atoms with van der Waals surface area (Å²) in [6.07, 6.45) is -0.839. The molecule has 1 amide bonds. The van der Waals surface area contributed by atoms with Gasteiger partial charge in [-0.2, -0.15) is 5.26 Å². The Hall–Kier alpha value is -2.58. The average Bonchev–Trinajstić information content (AvgIpc) is 2.49. The first-order chi connectivity index (χ1) is 10.5. The second-order valence-electron chi connectivity index (χ2n) is 4.52. The number of nitriles is 1.